The van der Waals surface area contributed by atoms with Crippen molar-refractivity contribution in [3.63, 3.8) is 0 Å². The summed E-state index contributed by atoms with van der Waals surface area (Å²) in [7, 11) is 0. The molecule has 0 saturated carbocycles. The first-order chi connectivity index (χ1) is 20.0. The predicted molar refractivity (Wildman–Crippen MR) is 133 cm³/mol. The first kappa shape index (κ1) is 35.0. The quantitative estimate of drug-likeness (QED) is 0.0484. The topological polar surface area (TPSA) is 236 Å². The summed E-state index contributed by atoms with van der Waals surface area (Å²) < 4.78 is 24.6. The van der Waals surface area contributed by atoms with Crippen molar-refractivity contribution >= 4 is 29.8 Å². The van der Waals surface area contributed by atoms with Crippen molar-refractivity contribution in [3.8, 4) is 5.75 Å². The highest BCUT2D eigenvalue weighted by molar-refractivity contribution is 5.93. The van der Waals surface area contributed by atoms with E-state index in [9.17, 15) is 44.2 Å². The van der Waals surface area contributed by atoms with E-state index in [2.05, 4.69) is 14.4 Å². The Balaban J connectivity index is 2.27. The molecule has 0 heterocycles. The van der Waals surface area contributed by atoms with Crippen LogP contribution in [0.2, 0.25) is 0 Å². The van der Waals surface area contributed by atoms with Crippen molar-refractivity contribution in [3.05, 3.63) is 50.1 Å². The molecular weight excluding hydrogens is 572 g/mol. The van der Waals surface area contributed by atoms with Gasteiger partial charge in [0.25, 0.3) is 10.2 Å². The molecule has 0 N–H and O–H groups in total. The van der Waals surface area contributed by atoms with Crippen molar-refractivity contribution in [2.45, 2.75) is 51.6 Å². The highest BCUT2D eigenvalue weighted by Crippen LogP contribution is 2.19. The van der Waals surface area contributed by atoms with Gasteiger partial charge in [-0.15, -0.1) is 20.2 Å². The second kappa shape index (κ2) is 19.9. The lowest BCUT2D eigenvalue weighted by Gasteiger charge is -2.13. The summed E-state index contributed by atoms with van der Waals surface area (Å²) in [6.07, 6.45) is 0.779. The number of carbonyl (C=O) groups is 5. The number of rotatable bonds is 21. The van der Waals surface area contributed by atoms with E-state index in [0.717, 1.165) is 0 Å². The Morgan fingerprint density at radius 1 is 0.738 bits per heavy atom. The number of nitrogens with zero attached hydrogens (tertiary/aromatic N) is 2. The average Bonchev–Trinajstić information content (AvgIpc) is 2.94. The first-order valence-electron chi connectivity index (χ1n) is 12.5. The fraction of sp³-hybridized carbons (Fsp3) is 0.542. The number of benzene rings is 1. The Kier molecular flexibility index (Phi) is 16.6. The van der Waals surface area contributed by atoms with E-state index in [0.29, 0.717) is 32.1 Å². The van der Waals surface area contributed by atoms with Crippen LogP contribution in [0.1, 0.15) is 55.8 Å². The maximum absolute atomic E-state index is 12.4. The fourth-order valence-electron chi connectivity index (χ4n) is 2.89. The minimum atomic E-state index is -1.20. The van der Waals surface area contributed by atoms with E-state index in [1.54, 1.807) is 0 Å². The van der Waals surface area contributed by atoms with Crippen LogP contribution in [-0.4, -0.2) is 79.2 Å². The zero-order valence-electron chi connectivity index (χ0n) is 22.6. The van der Waals surface area contributed by atoms with Crippen molar-refractivity contribution in [1.82, 2.24) is 0 Å². The maximum atomic E-state index is 12.4. The molecule has 18 heteroatoms. The largest absolute Gasteiger partial charge is 0.463 e. The van der Waals surface area contributed by atoms with Gasteiger partial charge in [0.15, 0.2) is 19.3 Å². The highest BCUT2D eigenvalue weighted by Gasteiger charge is 2.20. The van der Waals surface area contributed by atoms with Gasteiger partial charge in [-0.05, 0) is 51.2 Å². The zero-order chi connectivity index (χ0) is 31.3. The second-order valence-electron chi connectivity index (χ2n) is 8.14. The molecule has 1 aromatic carbocycles. The first-order valence-corrected chi connectivity index (χ1v) is 12.5. The van der Waals surface area contributed by atoms with Crippen LogP contribution in [0.5, 0.6) is 5.75 Å². The van der Waals surface area contributed by atoms with Crippen molar-refractivity contribution in [2.24, 2.45) is 0 Å². The predicted octanol–water partition coefficient (Wildman–Crippen LogP) is 1.52. The number of esters is 5. The van der Waals surface area contributed by atoms with Crippen molar-refractivity contribution in [2.75, 3.05) is 33.0 Å². The number of ether oxygens (including phenoxy) is 5. The summed E-state index contributed by atoms with van der Waals surface area (Å²) in [5.41, 5.74) is -0.0804. The molecule has 0 aliphatic rings. The molecule has 18 nitrogen and oxygen atoms in total. The standard InChI is InChI=1S/C24H30N2O16/c1-17(23(30)36-13-7-8-14-39-25(32)33)41-20(27)11-3-2-6-12-37-24(31)18-9-4-5-10-19(18)42-22(29)15-38-21(28)16-40-26(34)35/h4-5,9-10,17H,2-3,6-8,11-16H2,1H3. The van der Waals surface area contributed by atoms with Gasteiger partial charge < -0.3 is 33.4 Å². The minimum Gasteiger partial charge on any atom is -0.463 e. The molecule has 0 bridgehead atoms. The molecule has 0 spiro atoms. The zero-order valence-corrected chi connectivity index (χ0v) is 22.6. The number of hydrogen-bond donors (Lipinski definition) is 0. The minimum absolute atomic E-state index is 0.00527. The Morgan fingerprint density at radius 3 is 2.10 bits per heavy atom. The van der Waals surface area contributed by atoms with Gasteiger partial charge in [-0.25, -0.2) is 19.2 Å². The number of carbonyl (C=O) groups excluding carboxylic acids is 5. The molecule has 42 heavy (non-hydrogen) atoms. The van der Waals surface area contributed by atoms with E-state index in [1.807, 2.05) is 0 Å². The lowest BCUT2D eigenvalue weighted by Crippen LogP contribution is -2.26. The number of unbranched alkanes of at least 4 members (excludes halogenated alkanes) is 3. The average molecular weight is 603 g/mol. The van der Waals surface area contributed by atoms with Crippen LogP contribution in [0, 0.1) is 20.2 Å². The molecular formula is C24H30N2O16. The third-order valence-electron chi connectivity index (χ3n) is 4.85. The lowest BCUT2D eigenvalue weighted by atomic mass is 10.2. The van der Waals surface area contributed by atoms with Crippen molar-refractivity contribution < 1.29 is 67.5 Å². The Morgan fingerprint density at radius 2 is 1.38 bits per heavy atom. The molecule has 1 rings (SSSR count). The Labute approximate surface area is 238 Å². The van der Waals surface area contributed by atoms with Crippen LogP contribution in [0.4, 0.5) is 0 Å². The summed E-state index contributed by atoms with van der Waals surface area (Å²) in [6, 6.07) is 5.63. The smallest absolute Gasteiger partial charge is 0.349 e. The second-order valence-corrected chi connectivity index (χ2v) is 8.14. The molecule has 0 radical (unpaired) electrons. The van der Waals surface area contributed by atoms with Crippen molar-refractivity contribution in [1.29, 1.82) is 0 Å². The third-order valence-corrected chi connectivity index (χ3v) is 4.85. The van der Waals surface area contributed by atoms with Gasteiger partial charge in [0, 0.05) is 6.42 Å². The van der Waals surface area contributed by atoms with Gasteiger partial charge in [-0.1, -0.05) is 12.1 Å². The van der Waals surface area contributed by atoms with Gasteiger partial charge in [0.1, 0.15) is 11.3 Å². The molecule has 0 amide bonds. The lowest BCUT2D eigenvalue weighted by molar-refractivity contribution is -0.757. The van der Waals surface area contributed by atoms with Crippen LogP contribution in [-0.2, 0) is 47.8 Å². The molecule has 1 aromatic rings. The van der Waals surface area contributed by atoms with E-state index >= 15 is 0 Å². The normalized spacial score (nSPS) is 10.9. The monoisotopic (exact) mass is 602 g/mol. The van der Waals surface area contributed by atoms with E-state index < -0.39 is 59.3 Å². The van der Waals surface area contributed by atoms with Gasteiger partial charge in [0.05, 0.1) is 19.8 Å². The van der Waals surface area contributed by atoms with Crippen LogP contribution in [0.15, 0.2) is 24.3 Å². The fourth-order valence-corrected chi connectivity index (χ4v) is 2.89. The third kappa shape index (κ3) is 16.2. The van der Waals surface area contributed by atoms with Gasteiger partial charge in [0.2, 0.25) is 0 Å². The molecule has 1 unspecified atom stereocenters. The number of para-hydroxylation sites is 1. The Bertz CT molecular complexity index is 1090. The van der Waals surface area contributed by atoms with Crippen LogP contribution < -0.4 is 4.74 Å². The van der Waals surface area contributed by atoms with Gasteiger partial charge in [-0.2, -0.15) is 0 Å². The summed E-state index contributed by atoms with van der Waals surface area (Å²) >= 11 is 0. The molecule has 0 aliphatic carbocycles. The molecule has 0 saturated heterocycles. The van der Waals surface area contributed by atoms with Gasteiger partial charge >= 0.3 is 29.8 Å². The highest BCUT2D eigenvalue weighted by atomic mass is 17.0. The summed E-state index contributed by atoms with van der Waals surface area (Å²) in [5, 5.41) is 18.0. The van der Waals surface area contributed by atoms with Gasteiger partial charge in [-0.3, -0.25) is 4.79 Å². The van der Waals surface area contributed by atoms with E-state index in [4.69, 9.17) is 18.9 Å². The molecule has 0 aliphatic heterocycles. The van der Waals surface area contributed by atoms with E-state index in [-0.39, 0.29) is 37.6 Å². The molecule has 0 fully saturated rings. The van der Waals surface area contributed by atoms with Crippen LogP contribution >= 0.6 is 0 Å². The SMILES string of the molecule is CC(OC(=O)CCCCCOC(=O)c1ccccc1OC(=O)COC(=O)CO[N+](=O)[O-])C(=O)OCCCCO[N+](=O)[O-]. The molecule has 232 valence electrons. The molecule has 1 atom stereocenters. The maximum Gasteiger partial charge on any atom is 0.349 e. The summed E-state index contributed by atoms with van der Waals surface area (Å²) in [6.45, 7) is -0.675. The molecule has 0 aromatic heterocycles. The summed E-state index contributed by atoms with van der Waals surface area (Å²) in [5.74, 6) is -4.56. The Hall–Kier alpha value is -5.03. The summed E-state index contributed by atoms with van der Waals surface area (Å²) in [4.78, 5) is 87.4. The number of hydrogen-bond acceptors (Lipinski definition) is 16. The van der Waals surface area contributed by atoms with Crippen LogP contribution in [0.3, 0.4) is 0 Å². The van der Waals surface area contributed by atoms with E-state index in [1.165, 1.54) is 31.2 Å². The van der Waals surface area contributed by atoms with Crippen LogP contribution in [0.25, 0.3) is 0 Å².